The van der Waals surface area contributed by atoms with Crippen molar-refractivity contribution in [3.05, 3.63) is 43.8 Å². The lowest BCUT2D eigenvalue weighted by atomic mass is 9.99. The van der Waals surface area contributed by atoms with Gasteiger partial charge in [-0.1, -0.05) is 6.42 Å². The van der Waals surface area contributed by atoms with Gasteiger partial charge in [0.2, 0.25) is 5.78 Å². The molecule has 0 fully saturated rings. The summed E-state index contributed by atoms with van der Waals surface area (Å²) < 4.78 is 2.72. The Balaban J connectivity index is 2.12. The number of aromatic nitrogens is 1. The molecule has 1 unspecified atom stereocenters. The van der Waals surface area contributed by atoms with Gasteiger partial charge in [0.15, 0.2) is 0 Å². The molecule has 2 aromatic heterocycles. The summed E-state index contributed by atoms with van der Waals surface area (Å²) in [5.74, 6) is -1.36. The Kier molecular flexibility index (Phi) is 4.23. The zero-order valence-corrected chi connectivity index (χ0v) is 14.5. The van der Waals surface area contributed by atoms with E-state index in [1.165, 1.54) is 11.3 Å². The summed E-state index contributed by atoms with van der Waals surface area (Å²) in [6.45, 7) is 2.59. The molecular weight excluding hydrogens is 366 g/mol. The quantitative estimate of drug-likeness (QED) is 0.810. The third kappa shape index (κ3) is 2.54. The zero-order valence-electron chi connectivity index (χ0n) is 12.1. The van der Waals surface area contributed by atoms with Gasteiger partial charge in [-0.3, -0.25) is 9.59 Å². The van der Waals surface area contributed by atoms with Crippen LogP contribution in [0.4, 0.5) is 0 Å². The van der Waals surface area contributed by atoms with Gasteiger partial charge in [0.05, 0.1) is 16.5 Å². The summed E-state index contributed by atoms with van der Waals surface area (Å²) in [5.41, 5.74) is 2.25. The lowest BCUT2D eigenvalue weighted by molar-refractivity contribution is -0.139. The van der Waals surface area contributed by atoms with E-state index in [-0.39, 0.29) is 5.78 Å². The highest BCUT2D eigenvalue weighted by molar-refractivity contribution is 9.10. The molecule has 2 aromatic rings. The Morgan fingerprint density at radius 2 is 2.18 bits per heavy atom. The van der Waals surface area contributed by atoms with Crippen molar-refractivity contribution in [2.75, 3.05) is 0 Å². The van der Waals surface area contributed by atoms with Crippen LogP contribution in [0.5, 0.6) is 0 Å². The van der Waals surface area contributed by atoms with E-state index in [0.717, 1.165) is 28.6 Å². The molecule has 0 saturated carbocycles. The van der Waals surface area contributed by atoms with E-state index in [2.05, 4.69) is 15.9 Å². The molecule has 6 heteroatoms. The Morgan fingerprint density at radius 1 is 1.41 bits per heavy atom. The number of halogens is 1. The molecule has 1 aliphatic heterocycles. The number of carboxylic acids is 1. The van der Waals surface area contributed by atoms with Gasteiger partial charge in [-0.2, -0.15) is 0 Å². The van der Waals surface area contributed by atoms with Crippen LogP contribution in [0, 0.1) is 6.92 Å². The van der Waals surface area contributed by atoms with Crippen LogP contribution in [0.25, 0.3) is 0 Å². The minimum Gasteiger partial charge on any atom is -0.481 e. The fourth-order valence-electron chi connectivity index (χ4n) is 3.12. The van der Waals surface area contributed by atoms with Gasteiger partial charge < -0.3 is 9.67 Å². The number of ketones is 1. The minimum absolute atomic E-state index is 0.0309. The number of thiophene rings is 1. The van der Waals surface area contributed by atoms with E-state index < -0.39 is 11.9 Å². The van der Waals surface area contributed by atoms with Crippen LogP contribution in [-0.4, -0.2) is 21.4 Å². The normalized spacial score (nSPS) is 17.8. The summed E-state index contributed by atoms with van der Waals surface area (Å²) >= 11 is 4.81. The fraction of sp³-hybridized carbons (Fsp3) is 0.375. The largest absolute Gasteiger partial charge is 0.481 e. The van der Waals surface area contributed by atoms with Crippen LogP contribution in [0.3, 0.4) is 0 Å². The number of aryl methyl sites for hydroxylation is 1. The van der Waals surface area contributed by atoms with Gasteiger partial charge in [-0.15, -0.1) is 11.3 Å². The lowest BCUT2D eigenvalue weighted by Gasteiger charge is -2.13. The van der Waals surface area contributed by atoms with E-state index in [4.69, 9.17) is 0 Å². The van der Waals surface area contributed by atoms with Gasteiger partial charge in [0.25, 0.3) is 0 Å². The highest BCUT2D eigenvalue weighted by atomic mass is 79.9. The van der Waals surface area contributed by atoms with Crippen LogP contribution in [0.15, 0.2) is 22.0 Å². The average Bonchev–Trinajstić information content (AvgIpc) is 2.95. The molecule has 1 aliphatic rings. The Hall–Kier alpha value is -1.40. The van der Waals surface area contributed by atoms with E-state index in [0.29, 0.717) is 23.5 Å². The number of aliphatic carboxylic acids is 1. The topological polar surface area (TPSA) is 59.3 Å². The molecular formula is C16H16BrNO3S. The van der Waals surface area contributed by atoms with Crippen molar-refractivity contribution in [3.8, 4) is 0 Å². The Morgan fingerprint density at radius 3 is 2.82 bits per heavy atom. The number of rotatable bonds is 3. The first-order valence-corrected chi connectivity index (χ1v) is 8.88. The molecule has 1 N–H and O–H groups in total. The van der Waals surface area contributed by atoms with Crippen molar-refractivity contribution < 1.29 is 14.7 Å². The average molecular weight is 382 g/mol. The summed E-state index contributed by atoms with van der Waals surface area (Å²) in [6, 6.07) is 3.73. The Bertz CT molecular complexity index is 747. The summed E-state index contributed by atoms with van der Waals surface area (Å²) in [4.78, 5) is 25.1. The molecule has 0 bridgehead atoms. The molecule has 0 radical (unpaired) electrons. The number of carboxylic acid groups (broad SMARTS) is 1. The predicted octanol–water partition coefficient (Wildman–Crippen LogP) is 4.20. The third-order valence-electron chi connectivity index (χ3n) is 4.14. The zero-order chi connectivity index (χ0) is 15.9. The Labute approximate surface area is 140 Å². The van der Waals surface area contributed by atoms with Crippen molar-refractivity contribution in [2.45, 2.75) is 38.6 Å². The smallest absolute Gasteiger partial charge is 0.312 e. The molecule has 22 heavy (non-hydrogen) atoms. The van der Waals surface area contributed by atoms with Crippen LogP contribution in [-0.2, 0) is 11.3 Å². The number of hydrogen-bond acceptors (Lipinski definition) is 3. The predicted molar refractivity (Wildman–Crippen MR) is 88.8 cm³/mol. The first kappa shape index (κ1) is 15.5. The molecule has 0 saturated heterocycles. The second kappa shape index (κ2) is 6.01. The van der Waals surface area contributed by atoms with Crippen molar-refractivity contribution >= 4 is 39.0 Å². The molecule has 3 rings (SSSR count). The number of carbonyl (C=O) groups is 2. The first-order valence-electron chi connectivity index (χ1n) is 7.21. The molecule has 0 amide bonds. The second-order valence-electron chi connectivity index (χ2n) is 5.57. The van der Waals surface area contributed by atoms with Crippen molar-refractivity contribution in [1.29, 1.82) is 0 Å². The maximum atomic E-state index is 12.9. The molecule has 3 heterocycles. The number of hydrogen-bond donors (Lipinski definition) is 1. The van der Waals surface area contributed by atoms with E-state index in [9.17, 15) is 14.7 Å². The number of carbonyl (C=O) groups excluding carboxylic acids is 1. The highest BCUT2D eigenvalue weighted by Crippen LogP contribution is 2.33. The number of fused-ring (bicyclic) bond motifs is 1. The third-order valence-corrected chi connectivity index (χ3v) is 5.97. The fourth-order valence-corrected chi connectivity index (χ4v) is 4.61. The maximum Gasteiger partial charge on any atom is 0.312 e. The highest BCUT2D eigenvalue weighted by Gasteiger charge is 2.30. The standard InChI is InChI=1S/C16H16BrNO3S/c1-9-8-12-10(16(20)21)4-2-3-6-18(12)13(9)14(19)15-11(17)5-7-22-15/h5,7-8,10H,2-4,6H2,1H3,(H,20,21). The van der Waals surface area contributed by atoms with Gasteiger partial charge in [0, 0.05) is 16.7 Å². The van der Waals surface area contributed by atoms with Crippen LogP contribution < -0.4 is 0 Å². The summed E-state index contributed by atoms with van der Waals surface area (Å²) in [7, 11) is 0. The van der Waals surface area contributed by atoms with Gasteiger partial charge in [-0.25, -0.2) is 0 Å². The van der Waals surface area contributed by atoms with E-state index in [1.807, 2.05) is 29.0 Å². The van der Waals surface area contributed by atoms with Gasteiger partial charge in [-0.05, 0) is 58.8 Å². The first-order chi connectivity index (χ1) is 10.5. The van der Waals surface area contributed by atoms with Crippen molar-refractivity contribution in [3.63, 3.8) is 0 Å². The monoisotopic (exact) mass is 381 g/mol. The lowest BCUT2D eigenvalue weighted by Crippen LogP contribution is -2.17. The molecule has 1 atom stereocenters. The molecule has 0 aliphatic carbocycles. The molecule has 116 valence electrons. The van der Waals surface area contributed by atoms with Crippen LogP contribution >= 0.6 is 27.3 Å². The minimum atomic E-state index is -0.808. The second-order valence-corrected chi connectivity index (χ2v) is 7.34. The number of nitrogens with zero attached hydrogens (tertiary/aromatic N) is 1. The van der Waals surface area contributed by atoms with Crippen molar-refractivity contribution in [1.82, 2.24) is 4.57 Å². The van der Waals surface area contributed by atoms with Crippen molar-refractivity contribution in [2.24, 2.45) is 0 Å². The summed E-state index contributed by atoms with van der Waals surface area (Å²) in [5, 5.41) is 11.3. The maximum absolute atomic E-state index is 12.9. The van der Waals surface area contributed by atoms with Crippen LogP contribution in [0.2, 0.25) is 0 Å². The van der Waals surface area contributed by atoms with Crippen LogP contribution in [0.1, 0.15) is 51.8 Å². The van der Waals surface area contributed by atoms with E-state index >= 15 is 0 Å². The van der Waals surface area contributed by atoms with Gasteiger partial charge >= 0.3 is 5.97 Å². The molecule has 0 aromatic carbocycles. The van der Waals surface area contributed by atoms with E-state index in [1.54, 1.807) is 0 Å². The SMILES string of the molecule is Cc1cc2n(c1C(=O)c1sccc1Br)CCCCC2C(=O)O. The molecule has 4 nitrogen and oxygen atoms in total. The molecule has 0 spiro atoms. The summed E-state index contributed by atoms with van der Waals surface area (Å²) in [6.07, 6.45) is 2.40. The van der Waals surface area contributed by atoms with Gasteiger partial charge in [0.1, 0.15) is 0 Å².